The third-order valence-electron chi connectivity index (χ3n) is 4.10. The molecular formula is C17H17N3O4S. The summed E-state index contributed by atoms with van der Waals surface area (Å²) in [4.78, 5) is 6.61. The SMILES string of the molecule is O=S(=O)(Nc1ccc(N2CCOCC2)c2cccnc12)c1ccco1. The number of hydrogen-bond donors (Lipinski definition) is 1. The number of furan rings is 1. The number of anilines is 2. The molecule has 0 unspecified atom stereocenters. The predicted octanol–water partition coefficient (Wildman–Crippen LogP) is 2.47. The largest absolute Gasteiger partial charge is 0.451 e. The lowest BCUT2D eigenvalue weighted by atomic mass is 10.1. The van der Waals surface area contributed by atoms with Crippen molar-refractivity contribution in [2.75, 3.05) is 35.9 Å². The predicted molar refractivity (Wildman–Crippen MR) is 94.3 cm³/mol. The van der Waals surface area contributed by atoms with E-state index >= 15 is 0 Å². The smallest absolute Gasteiger partial charge is 0.295 e. The van der Waals surface area contributed by atoms with Crippen LogP contribution >= 0.6 is 0 Å². The first-order valence-corrected chi connectivity index (χ1v) is 9.40. The Kier molecular flexibility index (Phi) is 4.06. The van der Waals surface area contributed by atoms with Crippen molar-refractivity contribution in [1.29, 1.82) is 0 Å². The Morgan fingerprint density at radius 1 is 1.08 bits per heavy atom. The van der Waals surface area contributed by atoms with E-state index in [4.69, 9.17) is 9.15 Å². The van der Waals surface area contributed by atoms with Crippen LogP contribution in [0.1, 0.15) is 0 Å². The zero-order valence-corrected chi connectivity index (χ0v) is 14.2. The average Bonchev–Trinajstić information content (AvgIpc) is 3.18. The maximum atomic E-state index is 12.4. The molecule has 3 aromatic rings. The number of nitrogens with zero attached hydrogens (tertiary/aromatic N) is 2. The molecule has 130 valence electrons. The Balaban J connectivity index is 1.76. The van der Waals surface area contributed by atoms with Crippen molar-refractivity contribution in [2.45, 2.75) is 5.09 Å². The summed E-state index contributed by atoms with van der Waals surface area (Å²) in [5.74, 6) is 0. The summed E-state index contributed by atoms with van der Waals surface area (Å²) in [6.45, 7) is 2.94. The first-order chi connectivity index (χ1) is 12.1. The van der Waals surface area contributed by atoms with Gasteiger partial charge in [0.25, 0.3) is 10.0 Å². The number of morpholine rings is 1. The molecule has 1 aliphatic rings. The molecule has 0 aliphatic carbocycles. The zero-order chi connectivity index (χ0) is 17.3. The number of benzene rings is 1. The Morgan fingerprint density at radius 3 is 2.68 bits per heavy atom. The molecule has 1 saturated heterocycles. The van der Waals surface area contributed by atoms with E-state index in [0.29, 0.717) is 24.4 Å². The van der Waals surface area contributed by atoms with Crippen molar-refractivity contribution in [1.82, 2.24) is 4.98 Å². The van der Waals surface area contributed by atoms with Gasteiger partial charge in [-0.15, -0.1) is 0 Å². The molecule has 1 aromatic carbocycles. The number of rotatable bonds is 4. The topological polar surface area (TPSA) is 84.7 Å². The molecular weight excluding hydrogens is 342 g/mol. The quantitative estimate of drug-likeness (QED) is 0.770. The molecule has 2 aromatic heterocycles. The maximum absolute atomic E-state index is 12.4. The summed E-state index contributed by atoms with van der Waals surface area (Å²) in [5.41, 5.74) is 2.04. The second-order valence-electron chi connectivity index (χ2n) is 5.67. The van der Waals surface area contributed by atoms with Gasteiger partial charge in [0.1, 0.15) is 0 Å². The first-order valence-electron chi connectivity index (χ1n) is 7.92. The van der Waals surface area contributed by atoms with Gasteiger partial charge in [-0.05, 0) is 36.4 Å². The second-order valence-corrected chi connectivity index (χ2v) is 7.28. The highest BCUT2D eigenvalue weighted by Gasteiger charge is 2.21. The number of ether oxygens (including phenoxy) is 1. The van der Waals surface area contributed by atoms with Gasteiger partial charge in [-0.3, -0.25) is 9.71 Å². The van der Waals surface area contributed by atoms with Crippen molar-refractivity contribution < 1.29 is 17.6 Å². The van der Waals surface area contributed by atoms with Crippen LogP contribution in [0, 0.1) is 0 Å². The third-order valence-corrected chi connectivity index (χ3v) is 5.35. The lowest BCUT2D eigenvalue weighted by Gasteiger charge is -2.30. The lowest BCUT2D eigenvalue weighted by molar-refractivity contribution is 0.123. The van der Waals surface area contributed by atoms with Crippen LogP contribution in [-0.2, 0) is 14.8 Å². The van der Waals surface area contributed by atoms with Gasteiger partial charge in [0.2, 0.25) is 5.09 Å². The number of hydrogen-bond acceptors (Lipinski definition) is 6. The van der Waals surface area contributed by atoms with Crippen LogP contribution < -0.4 is 9.62 Å². The fourth-order valence-corrected chi connectivity index (χ4v) is 3.93. The molecule has 4 rings (SSSR count). The van der Waals surface area contributed by atoms with Crippen molar-refractivity contribution in [2.24, 2.45) is 0 Å². The molecule has 0 saturated carbocycles. The van der Waals surface area contributed by atoms with Gasteiger partial charge in [0.05, 0.1) is 30.7 Å². The Morgan fingerprint density at radius 2 is 1.92 bits per heavy atom. The minimum Gasteiger partial charge on any atom is -0.451 e. The minimum atomic E-state index is -3.79. The standard InChI is InChI=1S/C17H17N3O4S/c21-25(22,16-4-2-10-24-16)19-14-5-6-15(20-8-11-23-12-9-20)13-3-1-7-18-17(13)14/h1-7,10,19H,8-9,11-12H2. The lowest BCUT2D eigenvalue weighted by Crippen LogP contribution is -2.36. The highest BCUT2D eigenvalue weighted by Crippen LogP contribution is 2.32. The van der Waals surface area contributed by atoms with E-state index in [9.17, 15) is 8.42 Å². The Bertz CT molecular complexity index is 980. The van der Waals surface area contributed by atoms with Gasteiger partial charge in [-0.1, -0.05) is 0 Å². The number of nitrogens with one attached hydrogen (secondary N) is 1. The van der Waals surface area contributed by atoms with E-state index in [1.807, 2.05) is 18.2 Å². The van der Waals surface area contributed by atoms with E-state index in [2.05, 4.69) is 14.6 Å². The van der Waals surface area contributed by atoms with E-state index in [0.717, 1.165) is 24.2 Å². The molecule has 0 amide bonds. The number of pyridine rings is 1. The highest BCUT2D eigenvalue weighted by atomic mass is 32.2. The summed E-state index contributed by atoms with van der Waals surface area (Å²) in [6.07, 6.45) is 2.97. The van der Waals surface area contributed by atoms with Crippen molar-refractivity contribution in [3.8, 4) is 0 Å². The van der Waals surface area contributed by atoms with Crippen LogP contribution in [0.5, 0.6) is 0 Å². The average molecular weight is 359 g/mol. The van der Waals surface area contributed by atoms with Gasteiger partial charge in [0, 0.05) is 30.4 Å². The minimum absolute atomic E-state index is 0.131. The van der Waals surface area contributed by atoms with Crippen LogP contribution in [0.15, 0.2) is 58.4 Å². The van der Waals surface area contributed by atoms with Gasteiger partial charge < -0.3 is 14.1 Å². The second kappa shape index (κ2) is 6.38. The van der Waals surface area contributed by atoms with Crippen LogP contribution in [0.4, 0.5) is 11.4 Å². The normalized spacial score (nSPS) is 15.4. The van der Waals surface area contributed by atoms with Crippen LogP contribution in [0.25, 0.3) is 10.9 Å². The zero-order valence-electron chi connectivity index (χ0n) is 13.4. The van der Waals surface area contributed by atoms with Crippen LogP contribution in [-0.4, -0.2) is 39.7 Å². The van der Waals surface area contributed by atoms with Crippen LogP contribution in [0.2, 0.25) is 0 Å². The van der Waals surface area contributed by atoms with Crippen molar-refractivity contribution in [3.63, 3.8) is 0 Å². The van der Waals surface area contributed by atoms with Gasteiger partial charge in [0.15, 0.2) is 0 Å². The van der Waals surface area contributed by atoms with Crippen molar-refractivity contribution in [3.05, 3.63) is 48.9 Å². The fourth-order valence-electron chi connectivity index (χ4n) is 2.93. The molecule has 3 heterocycles. The molecule has 0 bridgehead atoms. The summed E-state index contributed by atoms with van der Waals surface area (Å²) in [5, 5.41) is 0.762. The van der Waals surface area contributed by atoms with E-state index in [1.165, 1.54) is 18.4 Å². The Labute approximate surface area is 145 Å². The Hall–Kier alpha value is -2.58. The van der Waals surface area contributed by atoms with E-state index < -0.39 is 10.0 Å². The molecule has 1 fully saturated rings. The van der Waals surface area contributed by atoms with Gasteiger partial charge in [-0.25, -0.2) is 0 Å². The number of sulfonamides is 1. The van der Waals surface area contributed by atoms with E-state index in [-0.39, 0.29) is 5.09 Å². The van der Waals surface area contributed by atoms with Gasteiger partial charge >= 0.3 is 0 Å². The van der Waals surface area contributed by atoms with Crippen LogP contribution in [0.3, 0.4) is 0 Å². The summed E-state index contributed by atoms with van der Waals surface area (Å²) in [6, 6.07) is 10.4. The summed E-state index contributed by atoms with van der Waals surface area (Å²) in [7, 11) is -3.79. The highest BCUT2D eigenvalue weighted by molar-refractivity contribution is 7.92. The molecule has 0 spiro atoms. The molecule has 1 N–H and O–H groups in total. The summed E-state index contributed by atoms with van der Waals surface area (Å²) < 4.78 is 37.8. The fraction of sp³-hybridized carbons (Fsp3) is 0.235. The first kappa shape index (κ1) is 15.9. The molecule has 1 aliphatic heterocycles. The molecule has 0 atom stereocenters. The molecule has 8 heteroatoms. The number of aromatic nitrogens is 1. The molecule has 25 heavy (non-hydrogen) atoms. The summed E-state index contributed by atoms with van der Waals surface area (Å²) >= 11 is 0. The molecule has 0 radical (unpaired) electrons. The molecule has 7 nitrogen and oxygen atoms in total. The maximum Gasteiger partial charge on any atom is 0.295 e. The van der Waals surface area contributed by atoms with E-state index in [1.54, 1.807) is 12.3 Å². The monoisotopic (exact) mass is 359 g/mol. The van der Waals surface area contributed by atoms with Gasteiger partial charge in [-0.2, -0.15) is 8.42 Å². The third kappa shape index (κ3) is 3.06. The number of fused-ring (bicyclic) bond motifs is 1. The van der Waals surface area contributed by atoms with Crippen molar-refractivity contribution >= 4 is 32.3 Å².